The molecule has 0 bridgehead atoms. The second-order valence-corrected chi connectivity index (χ2v) is 4.64. The Morgan fingerprint density at radius 1 is 1.44 bits per heavy atom. The molecule has 0 heterocycles. The van der Waals surface area contributed by atoms with Crippen LogP contribution >= 0.6 is 15.9 Å². The van der Waals surface area contributed by atoms with Crippen molar-refractivity contribution in [2.45, 2.75) is 26.4 Å². The quantitative estimate of drug-likeness (QED) is 0.620. The van der Waals surface area contributed by atoms with Crippen LogP contribution < -0.4 is 4.74 Å². The van der Waals surface area contributed by atoms with Crippen LogP contribution in [0.4, 0.5) is 0 Å². The maximum absolute atomic E-state index is 11.3. The van der Waals surface area contributed by atoms with Gasteiger partial charge in [-0.2, -0.15) is 0 Å². The van der Waals surface area contributed by atoms with E-state index >= 15 is 0 Å². The molecule has 1 aromatic carbocycles. The molecule has 0 saturated carbocycles. The molecular formula is C13H17BrO4. The smallest absolute Gasteiger partial charge is 0.344 e. The fraction of sp³-hybridized carbons (Fsp3) is 0.462. The minimum absolute atomic E-state index is 0.0298. The summed E-state index contributed by atoms with van der Waals surface area (Å²) in [4.78, 5) is 11.3. The van der Waals surface area contributed by atoms with Gasteiger partial charge in [0.1, 0.15) is 5.75 Å². The molecule has 1 N–H and O–H groups in total. The first kappa shape index (κ1) is 15.0. The number of carbonyl (C=O) groups is 1. The summed E-state index contributed by atoms with van der Waals surface area (Å²) in [6.07, 6.45) is 1.85. The summed E-state index contributed by atoms with van der Waals surface area (Å²) in [5.41, 5.74) is 0.778. The lowest BCUT2D eigenvalue weighted by molar-refractivity contribution is -0.146. The second-order valence-electron chi connectivity index (χ2n) is 3.79. The number of hydrogen-bond donors (Lipinski definition) is 1. The predicted molar refractivity (Wildman–Crippen MR) is 71.4 cm³/mol. The van der Waals surface area contributed by atoms with Gasteiger partial charge in [-0.25, -0.2) is 4.79 Å². The highest BCUT2D eigenvalue weighted by atomic mass is 79.9. The maximum Gasteiger partial charge on any atom is 0.344 e. The first-order valence-corrected chi connectivity index (χ1v) is 6.64. The highest BCUT2D eigenvalue weighted by molar-refractivity contribution is 9.10. The van der Waals surface area contributed by atoms with Crippen molar-refractivity contribution in [2.24, 2.45) is 0 Å². The molecule has 1 aromatic rings. The number of unbranched alkanes of at least 4 members (excludes halogenated alkanes) is 1. The number of benzene rings is 1. The first-order chi connectivity index (χ1) is 8.67. The normalized spacial score (nSPS) is 10.2. The minimum atomic E-state index is -0.374. The van der Waals surface area contributed by atoms with E-state index in [9.17, 15) is 4.79 Å². The van der Waals surface area contributed by atoms with Crippen LogP contribution in [-0.2, 0) is 16.1 Å². The van der Waals surface area contributed by atoms with Gasteiger partial charge in [-0.3, -0.25) is 0 Å². The molecule has 0 fully saturated rings. The van der Waals surface area contributed by atoms with Gasteiger partial charge in [-0.15, -0.1) is 0 Å². The third-order valence-electron chi connectivity index (χ3n) is 2.29. The van der Waals surface area contributed by atoms with Crippen LogP contribution in [0, 0.1) is 0 Å². The molecule has 0 aliphatic carbocycles. The van der Waals surface area contributed by atoms with E-state index in [0.717, 1.165) is 18.4 Å². The summed E-state index contributed by atoms with van der Waals surface area (Å²) in [5.74, 6) is 0.182. The van der Waals surface area contributed by atoms with E-state index in [-0.39, 0.29) is 19.2 Å². The highest BCUT2D eigenvalue weighted by Crippen LogP contribution is 2.25. The zero-order valence-corrected chi connectivity index (χ0v) is 11.9. The van der Waals surface area contributed by atoms with E-state index < -0.39 is 0 Å². The molecule has 0 atom stereocenters. The van der Waals surface area contributed by atoms with Crippen LogP contribution in [-0.4, -0.2) is 24.3 Å². The Morgan fingerprint density at radius 3 is 2.83 bits per heavy atom. The van der Waals surface area contributed by atoms with Crippen molar-refractivity contribution in [3.05, 3.63) is 28.2 Å². The van der Waals surface area contributed by atoms with Crippen molar-refractivity contribution in [3.8, 4) is 5.75 Å². The van der Waals surface area contributed by atoms with Crippen molar-refractivity contribution in [2.75, 3.05) is 13.2 Å². The molecule has 18 heavy (non-hydrogen) atoms. The van der Waals surface area contributed by atoms with Gasteiger partial charge < -0.3 is 14.6 Å². The molecule has 0 amide bonds. The van der Waals surface area contributed by atoms with Gasteiger partial charge in [0.2, 0.25) is 0 Å². The molecule has 5 heteroatoms. The average Bonchev–Trinajstić information content (AvgIpc) is 2.37. The van der Waals surface area contributed by atoms with Crippen molar-refractivity contribution in [3.63, 3.8) is 0 Å². The number of hydrogen-bond acceptors (Lipinski definition) is 4. The first-order valence-electron chi connectivity index (χ1n) is 5.85. The Balaban J connectivity index is 2.41. The molecule has 0 spiro atoms. The standard InChI is InChI=1S/C13H17BrO4/c1-2-3-6-17-13(16)9-18-12-5-4-10(8-15)7-11(12)14/h4-5,7,15H,2-3,6,8-9H2,1H3. The molecule has 4 nitrogen and oxygen atoms in total. The molecule has 0 unspecified atom stereocenters. The largest absolute Gasteiger partial charge is 0.481 e. The van der Waals surface area contributed by atoms with Gasteiger partial charge in [-0.1, -0.05) is 19.4 Å². The third-order valence-corrected chi connectivity index (χ3v) is 2.91. The fourth-order valence-corrected chi connectivity index (χ4v) is 1.81. The molecule has 0 aromatic heterocycles. The molecule has 0 saturated heterocycles. The highest BCUT2D eigenvalue weighted by Gasteiger charge is 2.07. The number of rotatable bonds is 7. The Bertz CT molecular complexity index is 393. The monoisotopic (exact) mass is 316 g/mol. The lowest BCUT2D eigenvalue weighted by Crippen LogP contribution is -2.15. The Kier molecular flexibility index (Phi) is 6.75. The molecule has 0 aliphatic heterocycles. The number of aliphatic hydroxyl groups excluding tert-OH is 1. The van der Waals surface area contributed by atoms with Gasteiger partial charge in [0, 0.05) is 0 Å². The van der Waals surface area contributed by atoms with Gasteiger partial charge >= 0.3 is 5.97 Å². The average molecular weight is 317 g/mol. The molecule has 100 valence electrons. The minimum Gasteiger partial charge on any atom is -0.481 e. The summed E-state index contributed by atoms with van der Waals surface area (Å²) in [6, 6.07) is 5.19. The lowest BCUT2D eigenvalue weighted by Gasteiger charge is -2.09. The van der Waals surface area contributed by atoms with Crippen molar-refractivity contribution in [1.82, 2.24) is 0 Å². The van der Waals surface area contributed by atoms with E-state index in [1.807, 2.05) is 6.92 Å². The van der Waals surface area contributed by atoms with Crippen LogP contribution in [0.5, 0.6) is 5.75 Å². The zero-order chi connectivity index (χ0) is 13.4. The molecule has 0 aliphatic rings. The SMILES string of the molecule is CCCCOC(=O)COc1ccc(CO)cc1Br. The van der Waals surface area contributed by atoms with Crippen LogP contribution in [0.25, 0.3) is 0 Å². The molecule has 0 radical (unpaired) electrons. The Hall–Kier alpha value is -1.07. The van der Waals surface area contributed by atoms with E-state index in [1.54, 1.807) is 18.2 Å². The topological polar surface area (TPSA) is 55.8 Å². The zero-order valence-electron chi connectivity index (χ0n) is 10.3. The van der Waals surface area contributed by atoms with Gasteiger partial charge in [0.15, 0.2) is 6.61 Å². The van der Waals surface area contributed by atoms with Crippen molar-refractivity contribution < 1.29 is 19.4 Å². The molecule has 1 rings (SSSR count). The van der Waals surface area contributed by atoms with Crippen LogP contribution in [0.1, 0.15) is 25.3 Å². The number of ether oxygens (including phenoxy) is 2. The number of carbonyl (C=O) groups excluding carboxylic acids is 1. The summed E-state index contributed by atoms with van der Waals surface area (Å²) in [6.45, 7) is 2.33. The summed E-state index contributed by atoms with van der Waals surface area (Å²) < 4.78 is 11.0. The van der Waals surface area contributed by atoms with Gasteiger partial charge in [-0.05, 0) is 40.0 Å². The maximum atomic E-state index is 11.3. The van der Waals surface area contributed by atoms with E-state index in [0.29, 0.717) is 16.8 Å². The second kappa shape index (κ2) is 8.11. The van der Waals surface area contributed by atoms with E-state index in [2.05, 4.69) is 15.9 Å². The van der Waals surface area contributed by atoms with E-state index in [1.165, 1.54) is 0 Å². The fourth-order valence-electron chi connectivity index (χ4n) is 1.27. The summed E-state index contributed by atoms with van der Waals surface area (Å²) >= 11 is 3.31. The van der Waals surface area contributed by atoms with Crippen LogP contribution in [0.15, 0.2) is 22.7 Å². The third kappa shape index (κ3) is 5.06. The Labute approximate surface area is 115 Å². The Morgan fingerprint density at radius 2 is 2.22 bits per heavy atom. The van der Waals surface area contributed by atoms with Crippen molar-refractivity contribution in [1.29, 1.82) is 0 Å². The summed E-state index contributed by atoms with van der Waals surface area (Å²) in [5, 5.41) is 8.96. The number of halogens is 1. The van der Waals surface area contributed by atoms with E-state index in [4.69, 9.17) is 14.6 Å². The van der Waals surface area contributed by atoms with Crippen LogP contribution in [0.3, 0.4) is 0 Å². The summed E-state index contributed by atoms with van der Waals surface area (Å²) in [7, 11) is 0. The van der Waals surface area contributed by atoms with Crippen LogP contribution in [0.2, 0.25) is 0 Å². The van der Waals surface area contributed by atoms with Gasteiger partial charge in [0.25, 0.3) is 0 Å². The molecular weight excluding hydrogens is 300 g/mol. The van der Waals surface area contributed by atoms with Gasteiger partial charge in [0.05, 0.1) is 17.7 Å². The van der Waals surface area contributed by atoms with Crippen molar-refractivity contribution >= 4 is 21.9 Å². The predicted octanol–water partition coefficient (Wildman–Crippen LogP) is 2.66. The number of esters is 1. The lowest BCUT2D eigenvalue weighted by atomic mass is 10.2. The number of aliphatic hydroxyl groups is 1.